The van der Waals surface area contributed by atoms with Crippen LogP contribution < -0.4 is 0 Å². The SMILES string of the molecule is N#Cc1ccc(-c2ccc3c4ccc5cc4n(c3c2)-c2cc(C#N)c(-c3cc(C(F)(F)F)cc(C(F)(F)F)c3)cc2-n2c3cc(-c4ccc(C#N)cc4C#N)ccc3c3ccc(cc32)C5(c2ccc(C#N)cc2C#N)c2ccc(C#N)cc2C#N)c(C#N)c1. The van der Waals surface area contributed by atoms with Gasteiger partial charge in [-0.05, 0) is 153 Å². The second-order valence-electron chi connectivity index (χ2n) is 21.1. The van der Waals surface area contributed by atoms with E-state index in [9.17, 15) is 73.7 Å². The molecule has 17 heteroatoms. The summed E-state index contributed by atoms with van der Waals surface area (Å²) >= 11 is 0. The molecule has 0 unspecified atom stereocenters. The van der Waals surface area contributed by atoms with Gasteiger partial charge in [-0.25, -0.2) is 0 Å². The van der Waals surface area contributed by atoms with E-state index in [1.165, 1.54) is 54.6 Å². The van der Waals surface area contributed by atoms with Gasteiger partial charge in [0, 0.05) is 27.1 Å². The average molecular weight is 1160 g/mol. The van der Waals surface area contributed by atoms with Crippen molar-refractivity contribution in [1.82, 2.24) is 9.13 Å². The Morgan fingerprint density at radius 1 is 0.292 bits per heavy atom. The highest BCUT2D eigenvalue weighted by atomic mass is 19.4. The zero-order chi connectivity index (χ0) is 62.4. The fraction of sp³-hybridized carbons (Fsp3) is 0.0417. The third-order valence-corrected chi connectivity index (χ3v) is 16.5. The molecule has 12 aromatic rings. The smallest absolute Gasteiger partial charge is 0.307 e. The van der Waals surface area contributed by atoms with Crippen LogP contribution in [0.5, 0.6) is 0 Å². The molecule has 11 nitrogen and oxygen atoms in total. The lowest BCUT2D eigenvalue weighted by Crippen LogP contribution is -2.33. The second-order valence-corrected chi connectivity index (χ2v) is 21.1. The summed E-state index contributed by atoms with van der Waals surface area (Å²) in [5.74, 6) is 0. The quantitative estimate of drug-likeness (QED) is 0.149. The van der Waals surface area contributed by atoms with Crippen LogP contribution in [0.15, 0.2) is 176 Å². The van der Waals surface area contributed by atoms with E-state index in [0.717, 1.165) is 0 Å². The zero-order valence-corrected chi connectivity index (χ0v) is 45.4. The number of halogens is 6. The van der Waals surface area contributed by atoms with Gasteiger partial charge in [-0.1, -0.05) is 72.8 Å². The third-order valence-electron chi connectivity index (χ3n) is 16.5. The van der Waals surface area contributed by atoms with E-state index in [1.807, 2.05) is 24.3 Å². The van der Waals surface area contributed by atoms with Crippen LogP contribution in [0.2, 0.25) is 0 Å². The first-order chi connectivity index (χ1) is 42.9. The normalized spacial score (nSPS) is 12.1. The third kappa shape index (κ3) is 8.43. The molecule has 0 spiro atoms. The van der Waals surface area contributed by atoms with Crippen LogP contribution >= 0.6 is 0 Å². The molecule has 4 bridgehead atoms. The summed E-state index contributed by atoms with van der Waals surface area (Å²) in [5, 5.41) is 97.3. The Morgan fingerprint density at radius 2 is 0.640 bits per heavy atom. The summed E-state index contributed by atoms with van der Waals surface area (Å²) in [4.78, 5) is 0. The molecular formula is C72H29F6N11. The van der Waals surface area contributed by atoms with Crippen LogP contribution in [0.1, 0.15) is 83.5 Å². The van der Waals surface area contributed by atoms with Crippen LogP contribution in [-0.2, 0) is 17.8 Å². The number of hydrogen-bond acceptors (Lipinski definition) is 9. The van der Waals surface area contributed by atoms with Gasteiger partial charge in [0.25, 0.3) is 0 Å². The lowest BCUT2D eigenvalue weighted by atomic mass is 9.62. The van der Waals surface area contributed by atoms with E-state index in [-0.39, 0.29) is 84.2 Å². The van der Waals surface area contributed by atoms with Crippen molar-refractivity contribution in [3.63, 3.8) is 0 Å². The summed E-state index contributed by atoms with van der Waals surface area (Å²) in [6.45, 7) is 0. The first-order valence-corrected chi connectivity index (χ1v) is 26.8. The Labute approximate surface area is 500 Å². The minimum absolute atomic E-state index is 0.00271. The van der Waals surface area contributed by atoms with Gasteiger partial charge in [-0.15, -0.1) is 0 Å². The summed E-state index contributed by atoms with van der Waals surface area (Å²) in [6, 6.07) is 62.9. The van der Waals surface area contributed by atoms with Crippen LogP contribution in [-0.4, -0.2) is 9.13 Å². The lowest BCUT2D eigenvalue weighted by molar-refractivity contribution is -0.143. The molecule has 0 fully saturated rings. The highest BCUT2D eigenvalue weighted by molar-refractivity contribution is 6.14. The van der Waals surface area contributed by atoms with Gasteiger partial charge in [0.2, 0.25) is 0 Å². The van der Waals surface area contributed by atoms with Gasteiger partial charge in [0.15, 0.2) is 0 Å². The molecule has 10 aromatic carbocycles. The molecule has 0 aliphatic carbocycles. The molecule has 1 aliphatic rings. The van der Waals surface area contributed by atoms with Gasteiger partial charge in [0.05, 0.1) is 155 Å². The van der Waals surface area contributed by atoms with E-state index < -0.39 is 34.5 Å². The molecule has 0 N–H and O–H groups in total. The fourth-order valence-electron chi connectivity index (χ4n) is 12.7. The number of alkyl halides is 6. The molecule has 0 atom stereocenters. The Morgan fingerprint density at radius 3 is 1.02 bits per heavy atom. The minimum Gasteiger partial charge on any atom is -0.307 e. The van der Waals surface area contributed by atoms with Gasteiger partial charge >= 0.3 is 12.4 Å². The van der Waals surface area contributed by atoms with E-state index in [0.29, 0.717) is 89.1 Å². The van der Waals surface area contributed by atoms with Gasteiger partial charge in [-0.3, -0.25) is 0 Å². The van der Waals surface area contributed by atoms with E-state index in [4.69, 9.17) is 0 Å². The number of hydrogen-bond donors (Lipinski definition) is 0. The van der Waals surface area contributed by atoms with Crippen molar-refractivity contribution in [2.24, 2.45) is 0 Å². The summed E-state index contributed by atoms with van der Waals surface area (Å²) in [6.07, 6.45) is -10.6. The molecule has 414 valence electrons. The molecule has 0 saturated heterocycles. The van der Waals surface area contributed by atoms with Crippen molar-refractivity contribution in [2.45, 2.75) is 17.8 Å². The maximum atomic E-state index is 14.9. The number of benzene rings is 10. The molecule has 89 heavy (non-hydrogen) atoms. The topological polar surface area (TPSA) is 224 Å². The fourth-order valence-corrected chi connectivity index (χ4v) is 12.7. The number of rotatable bonds is 5. The molecule has 1 aliphatic heterocycles. The molecule has 2 aromatic heterocycles. The van der Waals surface area contributed by atoms with Crippen LogP contribution in [0.3, 0.4) is 0 Å². The van der Waals surface area contributed by atoms with Crippen molar-refractivity contribution in [3.8, 4) is 99.4 Å². The highest BCUT2D eigenvalue weighted by Crippen LogP contribution is 2.53. The van der Waals surface area contributed by atoms with Crippen molar-refractivity contribution in [2.75, 3.05) is 0 Å². The number of nitrogens with zero attached hydrogens (tertiary/aromatic N) is 11. The van der Waals surface area contributed by atoms with Crippen molar-refractivity contribution in [1.29, 1.82) is 47.4 Å². The van der Waals surface area contributed by atoms with Crippen molar-refractivity contribution in [3.05, 3.63) is 259 Å². The molecule has 13 rings (SSSR count). The first kappa shape index (κ1) is 55.0. The monoisotopic (exact) mass is 1160 g/mol. The van der Waals surface area contributed by atoms with Crippen molar-refractivity contribution >= 4 is 43.6 Å². The van der Waals surface area contributed by atoms with Gasteiger partial charge < -0.3 is 9.13 Å². The number of fused-ring (bicyclic) bond motifs is 11. The predicted molar refractivity (Wildman–Crippen MR) is 316 cm³/mol. The summed E-state index contributed by atoms with van der Waals surface area (Å²) in [5.41, 5.74) is -0.639. The number of nitriles is 9. The average Bonchev–Trinajstić information content (AvgIpc) is 1.83. The lowest BCUT2D eigenvalue weighted by Gasteiger charge is -2.38. The van der Waals surface area contributed by atoms with Crippen LogP contribution in [0.25, 0.3) is 88.4 Å². The Bertz CT molecular complexity index is 5510. The predicted octanol–water partition coefficient (Wildman–Crippen LogP) is 16.5. The van der Waals surface area contributed by atoms with Gasteiger partial charge in [0.1, 0.15) is 0 Å². The molecule has 0 saturated carbocycles. The molecule has 0 amide bonds. The van der Waals surface area contributed by atoms with E-state index in [1.54, 1.807) is 94.1 Å². The standard InChI is InChI=1S/C72H29F6N11/c73-71(74,75)53-21-45(22-54(26-53)72(76,77)78)61-29-69-68(25-48(61)36-85)88-64-23-43(55-9-1-39(30-79)17-46(55)34-83)5-11-57(64)59-13-7-51(27-66(59)88)70(62-15-3-41(32-81)19-49(62)37-86,63-16-4-42(33-82)20-50(63)38-87)52-8-14-60-58-12-6-44(24-65(58)89(69)67(60)28-52)56-10-2-40(31-80)18-47(56)35-84/h1-29H. The first-order valence-electron chi connectivity index (χ1n) is 26.8. The van der Waals surface area contributed by atoms with Crippen molar-refractivity contribution < 1.29 is 26.3 Å². The number of aromatic nitrogens is 2. The second kappa shape index (κ2) is 20.3. The van der Waals surface area contributed by atoms with Gasteiger partial charge in [-0.2, -0.15) is 73.7 Å². The summed E-state index contributed by atoms with van der Waals surface area (Å²) in [7, 11) is 0. The minimum atomic E-state index is -5.29. The van der Waals surface area contributed by atoms with Crippen LogP contribution in [0, 0.1) is 102 Å². The molecule has 3 heterocycles. The Hall–Kier alpha value is -13.2. The summed E-state index contributed by atoms with van der Waals surface area (Å²) < 4.78 is 92.9. The Kier molecular flexibility index (Phi) is 12.5. The maximum Gasteiger partial charge on any atom is 0.416 e. The zero-order valence-electron chi connectivity index (χ0n) is 45.4. The molecule has 0 radical (unpaired) electrons. The Balaban J connectivity index is 1.31. The van der Waals surface area contributed by atoms with Crippen LogP contribution in [0.4, 0.5) is 26.3 Å². The molecular weight excluding hydrogens is 1130 g/mol. The largest absolute Gasteiger partial charge is 0.416 e. The van der Waals surface area contributed by atoms with E-state index in [2.05, 4.69) is 48.6 Å². The maximum absolute atomic E-state index is 14.9. The van der Waals surface area contributed by atoms with E-state index >= 15 is 0 Å². The highest BCUT2D eigenvalue weighted by Gasteiger charge is 2.44.